The van der Waals surface area contributed by atoms with E-state index in [1.807, 2.05) is 24.3 Å². The zero-order valence-electron chi connectivity index (χ0n) is 25.7. The molecule has 8 heteroatoms. The second-order valence-corrected chi connectivity index (χ2v) is 13.0. The van der Waals surface area contributed by atoms with Crippen LogP contribution in [0, 0.1) is 5.92 Å². The largest absolute Gasteiger partial charge is 0.508 e. The first-order valence-electron chi connectivity index (χ1n) is 15.8. The smallest absolute Gasteiger partial charge is 0.221 e. The first kappa shape index (κ1) is 34.1. The van der Waals surface area contributed by atoms with E-state index in [0.29, 0.717) is 29.9 Å². The van der Waals surface area contributed by atoms with Crippen molar-refractivity contribution >= 4 is 30.7 Å². The molecule has 3 aliphatic rings. The first-order chi connectivity index (χ1) is 20.4. The topological polar surface area (TPSA) is 76.0 Å². The normalized spacial score (nSPS) is 24.8. The van der Waals surface area contributed by atoms with Gasteiger partial charge < -0.3 is 15.5 Å². The van der Waals surface area contributed by atoms with Gasteiger partial charge in [-0.05, 0) is 97.5 Å². The summed E-state index contributed by atoms with van der Waals surface area (Å²) in [5.74, 6) is 1.19. The number of amides is 1. The van der Waals surface area contributed by atoms with Gasteiger partial charge in [-0.25, -0.2) is 0 Å². The van der Waals surface area contributed by atoms with E-state index in [1.54, 1.807) is 12.1 Å². The van der Waals surface area contributed by atoms with Crippen molar-refractivity contribution in [2.75, 3.05) is 26.2 Å². The van der Waals surface area contributed by atoms with Gasteiger partial charge in [-0.1, -0.05) is 55.5 Å². The molecule has 6 nitrogen and oxygen atoms in total. The molecular weight excluding hydrogens is 593 g/mol. The number of nitrogens with one attached hydrogen (secondary N) is 1. The number of aryl methyl sites for hydroxylation is 1. The highest BCUT2D eigenvalue weighted by molar-refractivity contribution is 5.85. The van der Waals surface area contributed by atoms with E-state index in [0.717, 1.165) is 71.2 Å². The Morgan fingerprint density at radius 1 is 0.932 bits per heavy atom. The predicted molar refractivity (Wildman–Crippen MR) is 181 cm³/mol. The summed E-state index contributed by atoms with van der Waals surface area (Å²) in [6, 6.07) is 24.7. The number of fused-ring (bicyclic) bond motifs is 3. The standard InChI is InChI=1S/C36H45N3O3.2ClH/c1-26-24-39(16-6-9-27-7-3-2-4-8-27)32-21-31(22-36(26,23-32)30-10-5-11-33(40)20-30)37-35(42)15-18-38-17-14-28-19-34(41)13-12-29(28)25-38;;/h2-5,7-8,10-13,19-20,26,31-32,40-41H,6,9,14-18,21-25H2,1H3,(H,37,42);2*1H/t26-,31+,32+,36+;;/m1../s1. The number of likely N-dealkylation sites (tertiary alicyclic amines) is 1. The van der Waals surface area contributed by atoms with Crippen LogP contribution < -0.4 is 5.32 Å². The Bertz CT molecular complexity index is 1390. The zero-order chi connectivity index (χ0) is 29.1. The number of carbonyl (C=O) groups excluding carboxylic acids is 1. The van der Waals surface area contributed by atoms with Crippen molar-refractivity contribution in [3.8, 4) is 11.5 Å². The summed E-state index contributed by atoms with van der Waals surface area (Å²) in [5.41, 5.74) is 5.00. The fourth-order valence-electron chi connectivity index (χ4n) is 7.99. The number of piperidine rings is 1. The minimum absolute atomic E-state index is 0. The van der Waals surface area contributed by atoms with Crippen molar-refractivity contribution in [2.24, 2.45) is 5.92 Å². The number of aromatic hydroxyl groups is 2. The minimum atomic E-state index is -0.0579. The number of halogens is 2. The van der Waals surface area contributed by atoms with Gasteiger partial charge in [-0.15, -0.1) is 24.8 Å². The molecule has 0 radical (unpaired) electrons. The maximum atomic E-state index is 13.3. The molecular formula is C36H47Cl2N3O3. The van der Waals surface area contributed by atoms with Crippen LogP contribution in [0.3, 0.4) is 0 Å². The molecule has 2 bridgehead atoms. The molecule has 0 spiro atoms. The second kappa shape index (κ2) is 15.0. The highest BCUT2D eigenvalue weighted by Gasteiger charge is 2.51. The number of hydrogen-bond donors (Lipinski definition) is 3. The van der Waals surface area contributed by atoms with Gasteiger partial charge in [0.1, 0.15) is 11.5 Å². The lowest BCUT2D eigenvalue weighted by atomic mass is 9.57. The molecule has 3 aromatic rings. The Kier molecular flexibility index (Phi) is 11.6. The van der Waals surface area contributed by atoms with E-state index >= 15 is 0 Å². The van der Waals surface area contributed by atoms with Crippen LogP contribution in [0.15, 0.2) is 72.8 Å². The number of rotatable bonds is 9. The summed E-state index contributed by atoms with van der Waals surface area (Å²) in [6.07, 6.45) is 6.56. The van der Waals surface area contributed by atoms with E-state index in [1.165, 1.54) is 22.3 Å². The molecule has 2 aliphatic heterocycles. The number of carbonyl (C=O) groups is 1. The minimum Gasteiger partial charge on any atom is -0.508 e. The molecule has 2 fully saturated rings. The molecule has 0 unspecified atom stereocenters. The molecule has 3 N–H and O–H groups in total. The lowest BCUT2D eigenvalue weighted by molar-refractivity contribution is -0.123. The van der Waals surface area contributed by atoms with Gasteiger partial charge >= 0.3 is 0 Å². The molecule has 1 saturated heterocycles. The molecule has 44 heavy (non-hydrogen) atoms. The Hall–Kier alpha value is -2.77. The van der Waals surface area contributed by atoms with Crippen LogP contribution >= 0.6 is 24.8 Å². The summed E-state index contributed by atoms with van der Waals surface area (Å²) >= 11 is 0. The maximum absolute atomic E-state index is 13.3. The van der Waals surface area contributed by atoms with Gasteiger partial charge in [0.25, 0.3) is 0 Å². The van der Waals surface area contributed by atoms with Crippen molar-refractivity contribution < 1.29 is 15.0 Å². The predicted octanol–water partition coefficient (Wildman–Crippen LogP) is 6.25. The molecule has 6 rings (SSSR count). The van der Waals surface area contributed by atoms with Crippen LogP contribution in [0.1, 0.15) is 61.3 Å². The van der Waals surface area contributed by atoms with Gasteiger partial charge in [0, 0.05) is 50.1 Å². The summed E-state index contributed by atoms with van der Waals surface area (Å²) in [4.78, 5) is 18.3. The summed E-state index contributed by atoms with van der Waals surface area (Å²) < 4.78 is 0. The maximum Gasteiger partial charge on any atom is 0.221 e. The third kappa shape index (κ3) is 7.71. The van der Waals surface area contributed by atoms with Gasteiger partial charge in [0.2, 0.25) is 5.91 Å². The van der Waals surface area contributed by atoms with Gasteiger partial charge in [0.15, 0.2) is 0 Å². The van der Waals surface area contributed by atoms with Crippen molar-refractivity contribution in [1.29, 1.82) is 0 Å². The molecule has 0 aromatic heterocycles. The average Bonchev–Trinajstić information content (AvgIpc) is 2.99. The monoisotopic (exact) mass is 639 g/mol. The molecule has 2 heterocycles. The number of benzene rings is 3. The molecule has 1 amide bonds. The Morgan fingerprint density at radius 3 is 2.52 bits per heavy atom. The van der Waals surface area contributed by atoms with Gasteiger partial charge in [-0.2, -0.15) is 0 Å². The summed E-state index contributed by atoms with van der Waals surface area (Å²) in [6.45, 7) is 6.94. The van der Waals surface area contributed by atoms with E-state index in [2.05, 4.69) is 58.4 Å². The third-order valence-corrected chi connectivity index (χ3v) is 10.2. The van der Waals surface area contributed by atoms with E-state index in [9.17, 15) is 15.0 Å². The first-order valence-corrected chi connectivity index (χ1v) is 15.8. The number of phenolic OH excluding ortho intramolecular Hbond substituents is 2. The zero-order valence-corrected chi connectivity index (χ0v) is 27.3. The highest BCUT2D eigenvalue weighted by atomic mass is 35.5. The van der Waals surface area contributed by atoms with Gasteiger partial charge in [-0.3, -0.25) is 14.6 Å². The van der Waals surface area contributed by atoms with Crippen LogP contribution in [-0.4, -0.2) is 64.2 Å². The Labute approximate surface area is 274 Å². The lowest BCUT2D eigenvalue weighted by Crippen LogP contribution is -2.61. The van der Waals surface area contributed by atoms with Crippen molar-refractivity contribution in [2.45, 2.75) is 75.9 Å². The van der Waals surface area contributed by atoms with E-state index in [4.69, 9.17) is 0 Å². The van der Waals surface area contributed by atoms with Crippen LogP contribution in [0.5, 0.6) is 11.5 Å². The Balaban J connectivity index is 0.00000221. The van der Waals surface area contributed by atoms with Crippen molar-refractivity contribution in [3.05, 3.63) is 95.1 Å². The quantitative estimate of drug-likeness (QED) is 0.258. The van der Waals surface area contributed by atoms with Crippen molar-refractivity contribution in [3.63, 3.8) is 0 Å². The second-order valence-electron chi connectivity index (χ2n) is 13.0. The fraction of sp³-hybridized carbons (Fsp3) is 0.472. The van der Waals surface area contributed by atoms with Crippen molar-refractivity contribution in [1.82, 2.24) is 15.1 Å². The molecule has 4 atom stereocenters. The van der Waals surface area contributed by atoms with Gasteiger partial charge in [0.05, 0.1) is 0 Å². The summed E-state index contributed by atoms with van der Waals surface area (Å²) in [5, 5.41) is 23.6. The highest BCUT2D eigenvalue weighted by Crippen LogP contribution is 2.50. The van der Waals surface area contributed by atoms with Crippen LogP contribution in [0.25, 0.3) is 0 Å². The van der Waals surface area contributed by atoms with Crippen LogP contribution in [0.4, 0.5) is 0 Å². The fourth-order valence-corrected chi connectivity index (χ4v) is 7.99. The molecule has 1 saturated carbocycles. The molecule has 3 aromatic carbocycles. The number of nitrogens with zero attached hydrogens (tertiary/aromatic N) is 2. The SMILES string of the molecule is C[C@@H]1CN(CCCc2ccccc2)[C@H]2C[C@H](NC(=O)CCN3CCc4cc(O)ccc4C3)C[C@]1(c1cccc(O)c1)C2.Cl.Cl. The van der Waals surface area contributed by atoms with E-state index in [-0.39, 0.29) is 42.2 Å². The number of hydrogen-bond acceptors (Lipinski definition) is 5. The number of phenols is 2. The molecule has 1 aliphatic carbocycles. The molecule has 238 valence electrons. The summed E-state index contributed by atoms with van der Waals surface area (Å²) in [7, 11) is 0. The van der Waals surface area contributed by atoms with Crippen LogP contribution in [0.2, 0.25) is 0 Å². The van der Waals surface area contributed by atoms with E-state index < -0.39 is 0 Å². The average molecular weight is 641 g/mol. The Morgan fingerprint density at radius 2 is 1.73 bits per heavy atom. The van der Waals surface area contributed by atoms with Crippen LogP contribution in [-0.2, 0) is 29.6 Å². The lowest BCUT2D eigenvalue weighted by Gasteiger charge is -2.56. The third-order valence-electron chi connectivity index (χ3n) is 10.2.